The minimum atomic E-state index is -0.945. The molecule has 0 radical (unpaired) electrons. The van der Waals surface area contributed by atoms with E-state index in [1.165, 1.54) is 35.2 Å². The van der Waals surface area contributed by atoms with E-state index in [1.54, 1.807) is 18.0 Å². The number of piperazine rings is 1. The number of ether oxygens (including phenoxy) is 1. The molecule has 3 heterocycles. The number of fused-ring (bicyclic) bond motifs is 1. The van der Waals surface area contributed by atoms with Gasteiger partial charge in [-0.15, -0.1) is 0 Å². The zero-order valence-corrected chi connectivity index (χ0v) is 21.3. The molecule has 1 unspecified atom stereocenters. The van der Waals surface area contributed by atoms with Crippen LogP contribution in [0.5, 0.6) is 17.6 Å². The number of halogens is 3. The van der Waals surface area contributed by atoms with E-state index < -0.39 is 17.4 Å². The molecule has 196 valence electrons. The fourth-order valence-electron chi connectivity index (χ4n) is 4.59. The van der Waals surface area contributed by atoms with Gasteiger partial charge in [-0.1, -0.05) is 24.2 Å². The number of hydrogen-bond acceptors (Lipinski definition) is 7. The van der Waals surface area contributed by atoms with Crippen molar-refractivity contribution in [2.75, 3.05) is 24.5 Å². The van der Waals surface area contributed by atoms with Crippen LogP contribution in [0.15, 0.2) is 49.2 Å². The third-order valence-electron chi connectivity index (χ3n) is 6.44. The average molecular weight is 541 g/mol. The van der Waals surface area contributed by atoms with Crippen LogP contribution in [-0.4, -0.2) is 61.3 Å². The SMILES string of the molecule is C=CC(=O)N1CCN(c2nc(Oc3ccnn3C)nc3c(F)c(-c4c(O)cccc4F)c(Cl)cc23)CC1C. The maximum Gasteiger partial charge on any atom is 0.325 e. The number of nitrogens with zero attached hydrogens (tertiary/aromatic N) is 6. The number of benzene rings is 2. The van der Waals surface area contributed by atoms with Crippen LogP contribution < -0.4 is 9.64 Å². The third-order valence-corrected chi connectivity index (χ3v) is 6.74. The van der Waals surface area contributed by atoms with E-state index in [0.29, 0.717) is 31.3 Å². The summed E-state index contributed by atoms with van der Waals surface area (Å²) in [5, 5.41) is 14.5. The van der Waals surface area contributed by atoms with Crippen LogP contribution >= 0.6 is 11.6 Å². The van der Waals surface area contributed by atoms with Crippen molar-refractivity contribution in [3.63, 3.8) is 0 Å². The molecule has 1 saturated heterocycles. The van der Waals surface area contributed by atoms with Gasteiger partial charge in [-0.25, -0.2) is 13.5 Å². The maximum absolute atomic E-state index is 16.1. The summed E-state index contributed by atoms with van der Waals surface area (Å²) in [6.07, 6.45) is 2.79. The van der Waals surface area contributed by atoms with Crippen LogP contribution in [0.25, 0.3) is 22.0 Å². The van der Waals surface area contributed by atoms with E-state index in [4.69, 9.17) is 16.3 Å². The fraction of sp³-hybridized carbons (Fsp3) is 0.231. The summed E-state index contributed by atoms with van der Waals surface area (Å²) in [7, 11) is 1.66. The first-order valence-corrected chi connectivity index (χ1v) is 12.1. The van der Waals surface area contributed by atoms with E-state index >= 15 is 4.39 Å². The predicted octanol–water partition coefficient (Wildman–Crippen LogP) is 4.68. The number of carbonyl (C=O) groups is 1. The first-order valence-electron chi connectivity index (χ1n) is 11.7. The highest BCUT2D eigenvalue weighted by Crippen LogP contribution is 2.43. The van der Waals surface area contributed by atoms with Crippen LogP contribution in [0.1, 0.15) is 6.92 Å². The van der Waals surface area contributed by atoms with E-state index in [0.717, 1.165) is 6.07 Å². The Balaban J connectivity index is 1.69. The number of aromatic nitrogens is 4. The molecule has 0 bridgehead atoms. The Hall–Kier alpha value is -4.25. The summed E-state index contributed by atoms with van der Waals surface area (Å²) < 4.78 is 38.1. The van der Waals surface area contributed by atoms with E-state index in [9.17, 15) is 14.3 Å². The minimum absolute atomic E-state index is 0.130. The normalized spacial score (nSPS) is 15.7. The summed E-state index contributed by atoms with van der Waals surface area (Å²) in [6, 6.07) is 6.31. The van der Waals surface area contributed by atoms with Gasteiger partial charge in [0.2, 0.25) is 11.8 Å². The molecule has 12 heteroatoms. The lowest BCUT2D eigenvalue weighted by atomic mass is 10.0. The van der Waals surface area contributed by atoms with Gasteiger partial charge in [-0.3, -0.25) is 4.79 Å². The highest BCUT2D eigenvalue weighted by Gasteiger charge is 2.30. The van der Waals surface area contributed by atoms with Crippen molar-refractivity contribution >= 4 is 34.2 Å². The minimum Gasteiger partial charge on any atom is -0.507 e. The number of aromatic hydroxyl groups is 1. The first kappa shape index (κ1) is 25.4. The lowest BCUT2D eigenvalue weighted by Gasteiger charge is -2.40. The second-order valence-corrected chi connectivity index (χ2v) is 9.24. The van der Waals surface area contributed by atoms with Gasteiger partial charge in [-0.2, -0.15) is 15.1 Å². The highest BCUT2D eigenvalue weighted by atomic mass is 35.5. The molecule has 4 aromatic rings. The summed E-state index contributed by atoms with van der Waals surface area (Å²) in [5.41, 5.74) is -0.886. The van der Waals surface area contributed by atoms with E-state index in [2.05, 4.69) is 21.6 Å². The van der Waals surface area contributed by atoms with Crippen molar-refractivity contribution < 1.29 is 23.4 Å². The zero-order chi connectivity index (χ0) is 27.1. The standard InChI is InChI=1S/C26H23ClF2N6O3/c1-4-19(37)35-11-10-34(13-14(35)2)25-15-12-16(27)21(22-17(28)6-5-7-18(22)36)23(29)24(15)31-26(32-25)38-20-8-9-30-33(20)3/h4-9,12,14,36H,1,10-11,13H2,2-3H3. The number of hydrogen-bond donors (Lipinski definition) is 1. The molecule has 9 nitrogen and oxygen atoms in total. The molecule has 1 N–H and O–H groups in total. The van der Waals surface area contributed by atoms with Gasteiger partial charge in [0.25, 0.3) is 0 Å². The average Bonchev–Trinajstić information content (AvgIpc) is 3.29. The van der Waals surface area contributed by atoms with Crippen LogP contribution in [0.3, 0.4) is 0 Å². The number of carbonyl (C=O) groups excluding carboxylic acids is 1. The lowest BCUT2D eigenvalue weighted by molar-refractivity contribution is -0.128. The van der Waals surface area contributed by atoms with E-state index in [-0.39, 0.29) is 45.0 Å². The number of amides is 1. The summed E-state index contributed by atoms with van der Waals surface area (Å²) >= 11 is 6.49. The Morgan fingerprint density at radius 1 is 1.24 bits per heavy atom. The van der Waals surface area contributed by atoms with Gasteiger partial charge >= 0.3 is 6.01 Å². The molecule has 1 aliphatic rings. The quantitative estimate of drug-likeness (QED) is 0.367. The lowest BCUT2D eigenvalue weighted by Crippen LogP contribution is -2.54. The number of anilines is 1. The largest absolute Gasteiger partial charge is 0.507 e. The molecule has 1 aliphatic heterocycles. The second kappa shape index (κ2) is 9.90. The third kappa shape index (κ3) is 4.38. The highest BCUT2D eigenvalue weighted by molar-refractivity contribution is 6.34. The molecule has 0 spiro atoms. The fourth-order valence-corrected chi connectivity index (χ4v) is 4.87. The van der Waals surface area contributed by atoms with Gasteiger partial charge < -0.3 is 19.6 Å². The molecule has 0 saturated carbocycles. The molecule has 1 atom stereocenters. The monoisotopic (exact) mass is 540 g/mol. The van der Waals surface area contributed by atoms with Crippen molar-refractivity contribution in [1.82, 2.24) is 24.6 Å². The van der Waals surface area contributed by atoms with Gasteiger partial charge in [0.1, 0.15) is 22.9 Å². The van der Waals surface area contributed by atoms with Crippen LogP contribution in [0.4, 0.5) is 14.6 Å². The Morgan fingerprint density at radius 3 is 2.68 bits per heavy atom. The van der Waals surface area contributed by atoms with Crippen molar-refractivity contribution in [2.24, 2.45) is 7.05 Å². The molecule has 1 fully saturated rings. The van der Waals surface area contributed by atoms with Crippen LogP contribution in [0.2, 0.25) is 5.02 Å². The molecule has 2 aromatic carbocycles. The van der Waals surface area contributed by atoms with Gasteiger partial charge in [0.05, 0.1) is 16.8 Å². The summed E-state index contributed by atoms with van der Waals surface area (Å²) in [5.74, 6) is -1.81. The van der Waals surface area contributed by atoms with Crippen molar-refractivity contribution in [3.8, 4) is 28.8 Å². The zero-order valence-electron chi connectivity index (χ0n) is 20.5. The molecule has 0 aliphatic carbocycles. The summed E-state index contributed by atoms with van der Waals surface area (Å²) in [4.78, 5) is 24.7. The second-order valence-electron chi connectivity index (χ2n) is 8.83. The predicted molar refractivity (Wildman–Crippen MR) is 138 cm³/mol. The Kier molecular flexibility index (Phi) is 6.62. The van der Waals surface area contributed by atoms with Crippen molar-refractivity contribution in [2.45, 2.75) is 13.0 Å². The van der Waals surface area contributed by atoms with Gasteiger partial charge in [0, 0.05) is 49.7 Å². The Morgan fingerprint density at radius 2 is 2.03 bits per heavy atom. The van der Waals surface area contributed by atoms with Crippen molar-refractivity contribution in [1.29, 1.82) is 0 Å². The molecular weight excluding hydrogens is 518 g/mol. The maximum atomic E-state index is 16.1. The van der Waals surface area contributed by atoms with Crippen molar-refractivity contribution in [3.05, 3.63) is 65.8 Å². The molecule has 5 rings (SSSR count). The van der Waals surface area contributed by atoms with Gasteiger partial charge in [0.15, 0.2) is 5.82 Å². The number of aryl methyl sites for hydroxylation is 1. The number of phenols is 1. The number of rotatable bonds is 5. The summed E-state index contributed by atoms with van der Waals surface area (Å²) in [6.45, 7) is 6.59. The Labute approximate surface area is 221 Å². The van der Waals surface area contributed by atoms with Gasteiger partial charge in [-0.05, 0) is 31.2 Å². The Bertz CT molecular complexity index is 1560. The molecule has 38 heavy (non-hydrogen) atoms. The van der Waals surface area contributed by atoms with E-state index in [1.807, 2.05) is 11.8 Å². The molecule has 2 aromatic heterocycles. The molecular formula is C26H23ClF2N6O3. The first-order chi connectivity index (χ1) is 18.2. The van der Waals surface area contributed by atoms with Crippen LogP contribution in [-0.2, 0) is 11.8 Å². The topological polar surface area (TPSA) is 96.6 Å². The number of phenolic OH excluding ortho intramolecular Hbond substituents is 1. The smallest absolute Gasteiger partial charge is 0.325 e. The van der Waals surface area contributed by atoms with Crippen LogP contribution in [0, 0.1) is 11.6 Å². The molecule has 1 amide bonds.